The average molecular weight is 694 g/mol. The molecule has 7 rings (SSSR count). The van der Waals surface area contributed by atoms with Gasteiger partial charge in [-0.05, 0) is 72.2 Å². The van der Waals surface area contributed by atoms with Gasteiger partial charge in [-0.25, -0.2) is 0 Å². The monoisotopic (exact) mass is 693 g/mol. The quantitative estimate of drug-likeness (QED) is 0.0969. The number of H-pyrrole nitrogens is 2. The summed E-state index contributed by atoms with van der Waals surface area (Å²) in [6.45, 7) is 4.65. The van der Waals surface area contributed by atoms with Crippen molar-refractivity contribution in [3.63, 3.8) is 0 Å². The highest BCUT2D eigenvalue weighted by Gasteiger charge is 2.35. The van der Waals surface area contributed by atoms with Crippen LogP contribution in [-0.2, 0) is 4.79 Å². The zero-order chi connectivity index (χ0) is 34.4. The lowest BCUT2D eigenvalue weighted by molar-refractivity contribution is -0.116. The fourth-order valence-electron chi connectivity index (χ4n) is 6.49. The first-order valence-corrected chi connectivity index (χ1v) is 17.8. The fourth-order valence-corrected chi connectivity index (χ4v) is 7.05. The number of halogens is 1. The summed E-state index contributed by atoms with van der Waals surface area (Å²) in [5.41, 5.74) is 5.14. The number of phenols is 1. The SMILES string of the molecule is CSC(C)(C)CCC(=O)Nc1ccc2[nH]c(C(=O)Nc3ccc4[nH]c(C(=O)N5C[C@@H](CCl)c6c5cc(O)c5ccccc65)cc4c3)cc2c1. The highest BCUT2D eigenvalue weighted by atomic mass is 35.5. The molecule has 0 saturated heterocycles. The number of nitrogens with one attached hydrogen (secondary N) is 4. The number of amides is 3. The zero-order valence-electron chi connectivity index (χ0n) is 27.3. The summed E-state index contributed by atoms with van der Waals surface area (Å²) in [5, 5.41) is 19.9. The molecule has 1 aliphatic rings. The van der Waals surface area contributed by atoms with Crippen molar-refractivity contribution >= 4 is 90.7 Å². The largest absolute Gasteiger partial charge is 0.507 e. The number of hydrogen-bond donors (Lipinski definition) is 5. The molecule has 6 aromatic rings. The molecule has 0 fully saturated rings. The summed E-state index contributed by atoms with van der Waals surface area (Å²) in [6, 6.07) is 23.7. The third-order valence-corrected chi connectivity index (χ3v) is 11.0. The number of benzene rings is 4. The number of anilines is 3. The number of aromatic amines is 2. The predicted octanol–water partition coefficient (Wildman–Crippen LogP) is 8.60. The van der Waals surface area contributed by atoms with Gasteiger partial charge in [0.1, 0.15) is 17.1 Å². The molecule has 11 heteroatoms. The molecule has 0 bridgehead atoms. The number of alkyl halides is 1. The van der Waals surface area contributed by atoms with Crippen LogP contribution in [0.2, 0.25) is 0 Å². The lowest BCUT2D eigenvalue weighted by Crippen LogP contribution is -2.30. The van der Waals surface area contributed by atoms with E-state index in [9.17, 15) is 19.5 Å². The average Bonchev–Trinajstić information content (AvgIpc) is 3.82. The predicted molar refractivity (Wildman–Crippen MR) is 201 cm³/mol. The second-order valence-corrected chi connectivity index (χ2v) is 14.9. The smallest absolute Gasteiger partial charge is 0.274 e. The molecule has 0 aliphatic carbocycles. The fraction of sp³-hybridized carbons (Fsp3) is 0.237. The highest BCUT2D eigenvalue weighted by Crippen LogP contribution is 2.45. The van der Waals surface area contributed by atoms with Crippen LogP contribution in [0.4, 0.5) is 17.1 Å². The second kappa shape index (κ2) is 12.8. The first-order valence-electron chi connectivity index (χ1n) is 16.1. The van der Waals surface area contributed by atoms with E-state index >= 15 is 0 Å². The normalized spacial score (nSPS) is 14.4. The maximum atomic E-state index is 13.9. The number of carbonyl (C=O) groups excluding carboxylic acids is 3. The van der Waals surface area contributed by atoms with Crippen molar-refractivity contribution in [2.75, 3.05) is 34.2 Å². The molecular formula is C38H36ClN5O4S. The number of rotatable bonds is 9. The molecule has 0 saturated carbocycles. The Morgan fingerprint density at radius 2 is 1.53 bits per heavy atom. The van der Waals surface area contributed by atoms with Crippen LogP contribution >= 0.6 is 23.4 Å². The first kappa shape index (κ1) is 32.6. The van der Waals surface area contributed by atoms with E-state index in [4.69, 9.17) is 11.6 Å². The van der Waals surface area contributed by atoms with E-state index in [-0.39, 0.29) is 34.1 Å². The van der Waals surface area contributed by atoms with Gasteiger partial charge in [-0.15, -0.1) is 11.6 Å². The summed E-state index contributed by atoms with van der Waals surface area (Å²) in [6.07, 6.45) is 3.25. The summed E-state index contributed by atoms with van der Waals surface area (Å²) in [5.74, 6) is -0.218. The van der Waals surface area contributed by atoms with Crippen molar-refractivity contribution < 1.29 is 19.5 Å². The van der Waals surface area contributed by atoms with Gasteiger partial charge in [0.05, 0.1) is 5.69 Å². The Kier molecular flexibility index (Phi) is 8.54. The van der Waals surface area contributed by atoms with Crippen LogP contribution in [0.15, 0.2) is 78.9 Å². The summed E-state index contributed by atoms with van der Waals surface area (Å²) in [7, 11) is 0. The minimum atomic E-state index is -0.319. The van der Waals surface area contributed by atoms with Crippen molar-refractivity contribution in [3.05, 3.63) is 95.8 Å². The zero-order valence-corrected chi connectivity index (χ0v) is 28.9. The van der Waals surface area contributed by atoms with Gasteiger partial charge in [0.15, 0.2) is 0 Å². The van der Waals surface area contributed by atoms with E-state index in [0.717, 1.165) is 44.6 Å². The number of thioether (sulfide) groups is 1. The van der Waals surface area contributed by atoms with Gasteiger partial charge in [0.25, 0.3) is 11.8 Å². The molecule has 0 unspecified atom stereocenters. The number of aromatic hydroxyl groups is 1. The van der Waals surface area contributed by atoms with Crippen molar-refractivity contribution in [2.45, 2.75) is 37.4 Å². The Hall–Kier alpha value is -4.93. The van der Waals surface area contributed by atoms with Crippen LogP contribution in [0.25, 0.3) is 32.6 Å². The topological polar surface area (TPSA) is 130 Å². The van der Waals surface area contributed by atoms with Crippen molar-refractivity contribution in [1.29, 1.82) is 0 Å². The molecule has 250 valence electrons. The van der Waals surface area contributed by atoms with Gasteiger partial charge in [0.2, 0.25) is 5.91 Å². The first-order chi connectivity index (χ1) is 23.5. The Balaban J connectivity index is 1.06. The van der Waals surface area contributed by atoms with Crippen molar-refractivity contribution in [3.8, 4) is 5.75 Å². The van der Waals surface area contributed by atoms with Crippen LogP contribution < -0.4 is 15.5 Å². The number of carbonyl (C=O) groups is 3. The van der Waals surface area contributed by atoms with Crippen molar-refractivity contribution in [2.24, 2.45) is 0 Å². The van der Waals surface area contributed by atoms with E-state index in [1.807, 2.05) is 60.9 Å². The summed E-state index contributed by atoms with van der Waals surface area (Å²) < 4.78 is 0.0339. The second-order valence-electron chi connectivity index (χ2n) is 13.1. The third-order valence-electron chi connectivity index (χ3n) is 9.34. The standard InChI is InChI=1S/C38H36ClN5O4S/c1-38(2,49-3)13-12-34(46)40-24-8-10-28-21(14-24)16-30(42-28)36(47)41-25-9-11-29-22(15-25)17-31(43-29)37(48)44-20-23(19-39)35-27-7-5-4-6-26(27)33(45)18-32(35)44/h4-11,14-18,23,42-43,45H,12-13,19-20H2,1-3H3,(H,40,46)(H,41,47)/t23-/m1/s1. The molecule has 9 nitrogen and oxygen atoms in total. The van der Waals surface area contributed by atoms with E-state index in [1.54, 1.807) is 40.9 Å². The molecule has 5 N–H and O–H groups in total. The third kappa shape index (κ3) is 6.34. The van der Waals surface area contributed by atoms with Gasteiger partial charge < -0.3 is 30.6 Å². The molecule has 1 aliphatic heterocycles. The van der Waals surface area contributed by atoms with Gasteiger partial charge in [0, 0.05) is 74.1 Å². The molecule has 3 heterocycles. The Bertz CT molecular complexity index is 2280. The van der Waals surface area contributed by atoms with Crippen LogP contribution in [0.1, 0.15) is 59.1 Å². The number of aromatic nitrogens is 2. The minimum absolute atomic E-state index is 0.0339. The highest BCUT2D eigenvalue weighted by molar-refractivity contribution is 7.99. The number of phenolic OH excluding ortho intramolecular Hbond substituents is 1. The van der Waals surface area contributed by atoms with E-state index in [2.05, 4.69) is 34.4 Å². The molecule has 4 aromatic carbocycles. The van der Waals surface area contributed by atoms with Gasteiger partial charge in [-0.1, -0.05) is 38.1 Å². The lowest BCUT2D eigenvalue weighted by Gasteiger charge is -2.21. The van der Waals surface area contributed by atoms with Crippen molar-refractivity contribution in [1.82, 2.24) is 9.97 Å². The van der Waals surface area contributed by atoms with E-state index in [0.29, 0.717) is 47.3 Å². The van der Waals surface area contributed by atoms with Crippen LogP contribution in [0.3, 0.4) is 0 Å². The van der Waals surface area contributed by atoms with Crippen LogP contribution in [-0.4, -0.2) is 56.2 Å². The van der Waals surface area contributed by atoms with Crippen LogP contribution in [0, 0.1) is 0 Å². The van der Waals surface area contributed by atoms with Gasteiger partial charge in [-0.2, -0.15) is 11.8 Å². The van der Waals surface area contributed by atoms with Gasteiger partial charge >= 0.3 is 0 Å². The molecule has 1 atom stereocenters. The minimum Gasteiger partial charge on any atom is -0.507 e. The molecule has 49 heavy (non-hydrogen) atoms. The van der Waals surface area contributed by atoms with Crippen LogP contribution in [0.5, 0.6) is 5.75 Å². The molecule has 0 radical (unpaired) electrons. The van der Waals surface area contributed by atoms with E-state index in [1.165, 1.54) is 0 Å². The molecule has 0 spiro atoms. The summed E-state index contributed by atoms with van der Waals surface area (Å²) >= 11 is 8.11. The van der Waals surface area contributed by atoms with E-state index < -0.39 is 0 Å². The number of fused-ring (bicyclic) bond motifs is 5. The Labute approximate surface area is 292 Å². The number of hydrogen-bond acceptors (Lipinski definition) is 5. The molecule has 2 aromatic heterocycles. The summed E-state index contributed by atoms with van der Waals surface area (Å²) in [4.78, 5) is 47.7. The maximum absolute atomic E-state index is 13.9. The molecular weight excluding hydrogens is 658 g/mol. The molecule has 3 amide bonds. The maximum Gasteiger partial charge on any atom is 0.274 e. The lowest BCUT2D eigenvalue weighted by atomic mass is 9.95. The Morgan fingerprint density at radius 1 is 0.898 bits per heavy atom. The Morgan fingerprint density at radius 3 is 2.20 bits per heavy atom. The number of nitrogens with zero attached hydrogens (tertiary/aromatic N) is 1. The van der Waals surface area contributed by atoms with Gasteiger partial charge in [-0.3, -0.25) is 14.4 Å².